The first-order chi connectivity index (χ1) is 9.83. The van der Waals surface area contributed by atoms with Crippen LogP contribution in [0, 0.1) is 0 Å². The Bertz CT molecular complexity index is 704. The van der Waals surface area contributed by atoms with Crippen LogP contribution in [-0.4, -0.2) is 6.03 Å². The van der Waals surface area contributed by atoms with Gasteiger partial charge in [0.1, 0.15) is 5.76 Å². The lowest BCUT2D eigenvalue weighted by molar-refractivity contribution is 0.239. The van der Waals surface area contributed by atoms with Crippen LogP contribution in [0.1, 0.15) is 11.3 Å². The van der Waals surface area contributed by atoms with Gasteiger partial charge in [-0.3, -0.25) is 0 Å². The molecule has 102 valence electrons. The van der Waals surface area contributed by atoms with E-state index in [0.717, 1.165) is 11.3 Å². The van der Waals surface area contributed by atoms with E-state index in [-0.39, 0.29) is 6.03 Å². The van der Waals surface area contributed by atoms with Crippen LogP contribution in [0.3, 0.4) is 0 Å². The number of thiophene rings is 1. The summed E-state index contributed by atoms with van der Waals surface area (Å²) >= 11 is 1.69. The standard InChI is InChI=1S/C15H14N2O2S/c18-15(17-9-12-4-3-7-19-12)16-8-11-10-20-14-6-2-1-5-13(11)14/h1-7,10H,8-9H2,(H2,16,17,18). The molecule has 3 rings (SSSR count). The van der Waals surface area contributed by atoms with E-state index < -0.39 is 0 Å². The third kappa shape index (κ3) is 2.83. The van der Waals surface area contributed by atoms with Crippen molar-refractivity contribution >= 4 is 27.5 Å². The highest BCUT2D eigenvalue weighted by atomic mass is 32.1. The Kier molecular flexibility index (Phi) is 3.69. The molecule has 2 heterocycles. The molecule has 2 amide bonds. The number of nitrogens with one attached hydrogen (secondary N) is 2. The number of benzene rings is 1. The largest absolute Gasteiger partial charge is 0.467 e. The second kappa shape index (κ2) is 5.79. The number of carbonyl (C=O) groups is 1. The maximum Gasteiger partial charge on any atom is 0.315 e. The number of fused-ring (bicyclic) bond motifs is 1. The van der Waals surface area contributed by atoms with Crippen molar-refractivity contribution in [2.75, 3.05) is 0 Å². The van der Waals surface area contributed by atoms with Gasteiger partial charge in [-0.2, -0.15) is 0 Å². The van der Waals surface area contributed by atoms with Crippen molar-refractivity contribution in [2.45, 2.75) is 13.1 Å². The van der Waals surface area contributed by atoms with Crippen LogP contribution < -0.4 is 10.6 Å². The van der Waals surface area contributed by atoms with Gasteiger partial charge in [0.15, 0.2) is 0 Å². The third-order valence-electron chi connectivity index (χ3n) is 3.00. The van der Waals surface area contributed by atoms with E-state index in [4.69, 9.17) is 4.42 Å². The van der Waals surface area contributed by atoms with Crippen LogP contribution >= 0.6 is 11.3 Å². The fraction of sp³-hybridized carbons (Fsp3) is 0.133. The van der Waals surface area contributed by atoms with Crippen molar-refractivity contribution < 1.29 is 9.21 Å². The van der Waals surface area contributed by atoms with Gasteiger partial charge in [-0.15, -0.1) is 11.3 Å². The number of hydrogen-bond acceptors (Lipinski definition) is 3. The molecule has 5 heteroatoms. The monoisotopic (exact) mass is 286 g/mol. The number of furan rings is 1. The van der Waals surface area contributed by atoms with Gasteiger partial charge in [0, 0.05) is 11.2 Å². The van der Waals surface area contributed by atoms with Crippen molar-refractivity contribution in [3.63, 3.8) is 0 Å². The number of rotatable bonds is 4. The smallest absolute Gasteiger partial charge is 0.315 e. The molecule has 0 aliphatic carbocycles. The first-order valence-corrected chi connectivity index (χ1v) is 7.20. The first-order valence-electron chi connectivity index (χ1n) is 6.32. The topological polar surface area (TPSA) is 54.3 Å². The van der Waals surface area contributed by atoms with Crippen LogP contribution in [0.2, 0.25) is 0 Å². The molecule has 20 heavy (non-hydrogen) atoms. The second-order valence-corrected chi connectivity index (χ2v) is 5.28. The summed E-state index contributed by atoms with van der Waals surface area (Å²) < 4.78 is 6.39. The molecule has 0 bridgehead atoms. The third-order valence-corrected chi connectivity index (χ3v) is 4.02. The summed E-state index contributed by atoms with van der Waals surface area (Å²) in [4.78, 5) is 11.7. The minimum absolute atomic E-state index is 0.198. The van der Waals surface area contributed by atoms with Crippen LogP contribution in [0.5, 0.6) is 0 Å². The van der Waals surface area contributed by atoms with Gasteiger partial charge in [0.05, 0.1) is 12.8 Å². The fourth-order valence-electron chi connectivity index (χ4n) is 1.99. The predicted molar refractivity (Wildman–Crippen MR) is 79.6 cm³/mol. The Labute approximate surface area is 120 Å². The summed E-state index contributed by atoms with van der Waals surface area (Å²) in [5, 5.41) is 8.89. The highest BCUT2D eigenvalue weighted by molar-refractivity contribution is 7.17. The van der Waals surface area contributed by atoms with Crippen molar-refractivity contribution in [2.24, 2.45) is 0 Å². The van der Waals surface area contributed by atoms with Crippen LogP contribution in [-0.2, 0) is 13.1 Å². The zero-order valence-corrected chi connectivity index (χ0v) is 11.6. The molecular formula is C15H14N2O2S. The second-order valence-electron chi connectivity index (χ2n) is 4.37. The maximum atomic E-state index is 11.7. The van der Waals surface area contributed by atoms with Gasteiger partial charge in [0.2, 0.25) is 0 Å². The molecule has 2 N–H and O–H groups in total. The molecule has 0 aliphatic heterocycles. The van der Waals surface area contributed by atoms with E-state index in [9.17, 15) is 4.79 Å². The molecule has 3 aromatic rings. The van der Waals surface area contributed by atoms with E-state index in [0.29, 0.717) is 13.1 Å². The Morgan fingerprint density at radius 3 is 2.80 bits per heavy atom. The molecule has 0 unspecified atom stereocenters. The number of urea groups is 1. The highest BCUT2D eigenvalue weighted by Crippen LogP contribution is 2.25. The van der Waals surface area contributed by atoms with Gasteiger partial charge < -0.3 is 15.1 Å². The summed E-state index contributed by atoms with van der Waals surface area (Å²) in [6.45, 7) is 0.914. The number of carbonyl (C=O) groups excluding carboxylic acids is 1. The zero-order valence-electron chi connectivity index (χ0n) is 10.8. The highest BCUT2D eigenvalue weighted by Gasteiger charge is 2.06. The van der Waals surface area contributed by atoms with Crippen LogP contribution in [0.15, 0.2) is 52.5 Å². The van der Waals surface area contributed by atoms with E-state index in [1.54, 1.807) is 23.7 Å². The molecule has 0 fully saturated rings. The zero-order chi connectivity index (χ0) is 13.8. The van der Waals surface area contributed by atoms with Gasteiger partial charge in [-0.1, -0.05) is 18.2 Å². The molecule has 4 nitrogen and oxygen atoms in total. The van der Waals surface area contributed by atoms with Crippen molar-refractivity contribution in [1.82, 2.24) is 10.6 Å². The maximum absolute atomic E-state index is 11.7. The normalized spacial score (nSPS) is 10.6. The van der Waals surface area contributed by atoms with E-state index in [2.05, 4.69) is 28.1 Å². The number of amides is 2. The van der Waals surface area contributed by atoms with E-state index in [1.165, 1.54) is 10.1 Å². The molecule has 0 saturated heterocycles. The van der Waals surface area contributed by atoms with Gasteiger partial charge >= 0.3 is 6.03 Å². The van der Waals surface area contributed by atoms with Crippen molar-refractivity contribution in [1.29, 1.82) is 0 Å². The predicted octanol–water partition coefficient (Wildman–Crippen LogP) is 3.49. The van der Waals surface area contributed by atoms with Gasteiger partial charge in [-0.25, -0.2) is 4.79 Å². The first kappa shape index (κ1) is 12.7. The molecule has 0 radical (unpaired) electrons. The summed E-state index contributed by atoms with van der Waals surface area (Å²) in [5.41, 5.74) is 1.14. The molecular weight excluding hydrogens is 272 g/mol. The fourth-order valence-corrected chi connectivity index (χ4v) is 2.95. The Morgan fingerprint density at radius 1 is 1.10 bits per heavy atom. The average molecular weight is 286 g/mol. The summed E-state index contributed by atoms with van der Waals surface area (Å²) in [7, 11) is 0. The van der Waals surface area contributed by atoms with Gasteiger partial charge in [0.25, 0.3) is 0 Å². The molecule has 0 atom stereocenters. The van der Waals surface area contributed by atoms with Crippen LogP contribution in [0.25, 0.3) is 10.1 Å². The molecule has 0 saturated carbocycles. The summed E-state index contributed by atoms with van der Waals surface area (Å²) in [6, 6.07) is 11.6. The number of hydrogen-bond donors (Lipinski definition) is 2. The van der Waals surface area contributed by atoms with E-state index in [1.807, 2.05) is 18.2 Å². The van der Waals surface area contributed by atoms with E-state index >= 15 is 0 Å². The lowest BCUT2D eigenvalue weighted by Crippen LogP contribution is -2.34. The van der Waals surface area contributed by atoms with Gasteiger partial charge in [-0.05, 0) is 34.5 Å². The lowest BCUT2D eigenvalue weighted by Gasteiger charge is -2.05. The minimum Gasteiger partial charge on any atom is -0.467 e. The lowest BCUT2D eigenvalue weighted by atomic mass is 10.2. The van der Waals surface area contributed by atoms with Crippen LogP contribution in [0.4, 0.5) is 4.79 Å². The Balaban J connectivity index is 1.55. The summed E-state index contributed by atoms with van der Waals surface area (Å²) in [5.74, 6) is 0.737. The van der Waals surface area contributed by atoms with Crippen molar-refractivity contribution in [3.05, 3.63) is 59.4 Å². The molecule has 0 aliphatic rings. The van der Waals surface area contributed by atoms with Crippen molar-refractivity contribution in [3.8, 4) is 0 Å². The Hall–Kier alpha value is -2.27. The molecule has 1 aromatic carbocycles. The summed E-state index contributed by atoms with van der Waals surface area (Å²) in [6.07, 6.45) is 1.59. The quantitative estimate of drug-likeness (QED) is 0.771. The molecule has 2 aromatic heterocycles. The minimum atomic E-state index is -0.198. The Morgan fingerprint density at radius 2 is 1.95 bits per heavy atom. The molecule has 0 spiro atoms. The average Bonchev–Trinajstić information content (AvgIpc) is 3.12. The SMILES string of the molecule is O=C(NCc1ccco1)NCc1csc2ccccc12.